The van der Waals surface area contributed by atoms with E-state index in [0.29, 0.717) is 23.3 Å². The molecular formula is C50H68N4O5. The van der Waals surface area contributed by atoms with Crippen LogP contribution in [0, 0.1) is 49.4 Å². The van der Waals surface area contributed by atoms with Gasteiger partial charge in [0.15, 0.2) is 5.78 Å². The van der Waals surface area contributed by atoms with Gasteiger partial charge in [-0.15, -0.1) is 0 Å². The summed E-state index contributed by atoms with van der Waals surface area (Å²) in [6, 6.07) is -0.157. The standard InChI is InChI=1S/C50H68N4O5/c1-12-34-30(7)37-24-39-32(9)36(20-21-43(55)59-23-22-29(6)19-15-18-28(5)17-14-16-27(3)4)47(53-39)45-46(50(57)58-11)49(56)44-33(10)40(54-48(44)45)26-42-35(13-2)31(8)38(52-42)25-41(34)51-37/h12,22,24-28,30,32,36,39,46,51-54H,1,13-21,23H2,2-11H3/b29-22-,37-24-,38-25-,42-26-,47-45-/t28-,30?,32+,36+,39?,46-/m1/s1. The molecule has 4 aliphatic rings. The van der Waals surface area contributed by atoms with Crippen LogP contribution in [-0.2, 0) is 25.5 Å². The van der Waals surface area contributed by atoms with Crippen LogP contribution < -0.4 is 21.3 Å². The van der Waals surface area contributed by atoms with Gasteiger partial charge in [-0.2, -0.15) is 0 Å². The summed E-state index contributed by atoms with van der Waals surface area (Å²) in [5.41, 5.74) is 10.9. The summed E-state index contributed by atoms with van der Waals surface area (Å²) < 4.78 is 11.1. The SMILES string of the molecule is C=CC1=C2/C=c3\[nH]/c(c(CC)c3C)=C\c3[nH]c4c(c3C)C(=O)[C@H](C(=O)OC)/C4=C3/NC(/C=C(\N2)C1C)[C@@H](C)[C@@H]3CCC(=O)OC/C=C(/C)CCC[C@H](C)CCCC(C)C. The molecule has 0 amide bonds. The maximum Gasteiger partial charge on any atom is 0.321 e. The third kappa shape index (κ3) is 9.04. The molecular weight excluding hydrogens is 737 g/mol. The topological polar surface area (TPSA) is 125 Å². The lowest BCUT2D eigenvalue weighted by atomic mass is 9.83. The lowest BCUT2D eigenvalue weighted by Gasteiger charge is -2.20. The van der Waals surface area contributed by atoms with E-state index < -0.39 is 11.9 Å². The van der Waals surface area contributed by atoms with E-state index in [9.17, 15) is 14.4 Å². The Morgan fingerprint density at radius 2 is 1.73 bits per heavy atom. The Morgan fingerprint density at radius 1 is 0.983 bits per heavy atom. The number of hydrogen-bond donors (Lipinski definition) is 4. The molecule has 4 N–H and O–H groups in total. The highest BCUT2D eigenvalue weighted by atomic mass is 16.5. The maximum absolute atomic E-state index is 14.4. The summed E-state index contributed by atoms with van der Waals surface area (Å²) >= 11 is 0. The van der Waals surface area contributed by atoms with Crippen LogP contribution in [0.25, 0.3) is 17.7 Å². The summed E-state index contributed by atoms with van der Waals surface area (Å²) in [7, 11) is 1.33. The first-order valence-corrected chi connectivity index (χ1v) is 22.1. The molecule has 1 saturated heterocycles. The second-order valence-corrected chi connectivity index (χ2v) is 18.0. The van der Waals surface area contributed by atoms with E-state index in [1.54, 1.807) is 0 Å². The molecule has 0 spiro atoms. The van der Waals surface area contributed by atoms with Crippen molar-refractivity contribution in [1.82, 2.24) is 20.6 Å². The minimum atomic E-state index is -1.12. The van der Waals surface area contributed by atoms with E-state index in [1.165, 1.54) is 49.5 Å². The van der Waals surface area contributed by atoms with Crippen LogP contribution in [0.3, 0.4) is 0 Å². The van der Waals surface area contributed by atoms with Gasteiger partial charge in [0.1, 0.15) is 12.5 Å². The van der Waals surface area contributed by atoms with E-state index in [1.807, 2.05) is 19.1 Å². The number of carbonyl (C=O) groups is 3. The number of ether oxygens (including phenoxy) is 2. The summed E-state index contributed by atoms with van der Waals surface area (Å²) in [5.74, 6) is -0.861. The maximum atomic E-state index is 14.4. The molecule has 2 aromatic heterocycles. The molecule has 1 fully saturated rings. The van der Waals surface area contributed by atoms with E-state index >= 15 is 0 Å². The molecule has 0 aromatic carbocycles. The first kappa shape index (κ1) is 43.8. The van der Waals surface area contributed by atoms with Crippen molar-refractivity contribution in [1.29, 1.82) is 0 Å². The second-order valence-electron chi connectivity index (χ2n) is 18.0. The zero-order valence-electron chi connectivity index (χ0n) is 37.2. The van der Waals surface area contributed by atoms with Crippen molar-refractivity contribution in [2.75, 3.05) is 13.7 Å². The fourth-order valence-electron chi connectivity index (χ4n) is 9.82. The molecule has 3 aliphatic heterocycles. The Kier molecular flexibility index (Phi) is 13.8. The van der Waals surface area contributed by atoms with Gasteiger partial charge in [-0.1, -0.05) is 85.5 Å². The minimum absolute atomic E-state index is 0.0111. The van der Waals surface area contributed by atoms with Gasteiger partial charge >= 0.3 is 11.9 Å². The molecule has 0 radical (unpaired) electrons. The molecule has 2 unspecified atom stereocenters. The number of esters is 2. The van der Waals surface area contributed by atoms with Crippen molar-refractivity contribution >= 4 is 35.4 Å². The zero-order valence-corrected chi connectivity index (χ0v) is 37.2. The third-order valence-electron chi connectivity index (χ3n) is 13.5. The Balaban J connectivity index is 1.31. The Hall–Kier alpha value is -4.79. The number of ketones is 1. The first-order valence-electron chi connectivity index (χ1n) is 22.1. The molecule has 9 nitrogen and oxygen atoms in total. The molecule has 0 saturated carbocycles. The highest BCUT2D eigenvalue weighted by Gasteiger charge is 2.49. The fraction of sp³-hybridized carbons (Fsp3) is 0.540. The molecule has 8 bridgehead atoms. The largest absolute Gasteiger partial charge is 0.468 e. The summed E-state index contributed by atoms with van der Waals surface area (Å²) in [6.45, 7) is 24.1. The van der Waals surface area contributed by atoms with Crippen LogP contribution in [0.4, 0.5) is 0 Å². The van der Waals surface area contributed by atoms with Gasteiger partial charge in [-0.25, -0.2) is 0 Å². The van der Waals surface area contributed by atoms with E-state index in [2.05, 4.69) is 101 Å². The van der Waals surface area contributed by atoms with Gasteiger partial charge in [0.05, 0.1) is 12.8 Å². The van der Waals surface area contributed by atoms with Crippen molar-refractivity contribution in [2.24, 2.45) is 35.5 Å². The number of H-pyrrole nitrogens is 2. The molecule has 5 heterocycles. The molecule has 9 heteroatoms. The van der Waals surface area contributed by atoms with Gasteiger partial charge < -0.3 is 30.1 Å². The van der Waals surface area contributed by atoms with Gasteiger partial charge in [0, 0.05) is 68.9 Å². The smallest absolute Gasteiger partial charge is 0.321 e. The van der Waals surface area contributed by atoms with Crippen LogP contribution >= 0.6 is 0 Å². The minimum Gasteiger partial charge on any atom is -0.468 e. The van der Waals surface area contributed by atoms with Crippen molar-refractivity contribution < 1.29 is 23.9 Å². The van der Waals surface area contributed by atoms with Gasteiger partial charge in [0.2, 0.25) is 0 Å². The Bertz CT molecular complexity index is 2220. The van der Waals surface area contributed by atoms with Gasteiger partial charge in [-0.3, -0.25) is 14.4 Å². The number of aromatic amines is 2. The van der Waals surface area contributed by atoms with Gasteiger partial charge in [0.25, 0.3) is 0 Å². The number of fused-ring (bicyclic) bond motifs is 7. The number of hydrogen-bond acceptors (Lipinski definition) is 7. The lowest BCUT2D eigenvalue weighted by molar-refractivity contribution is -0.143. The number of carbonyl (C=O) groups excluding carboxylic acids is 3. The quantitative estimate of drug-likeness (QED) is 0.0762. The molecule has 318 valence electrons. The number of allylic oxidation sites excluding steroid dienone is 5. The van der Waals surface area contributed by atoms with E-state index in [0.717, 1.165) is 75.7 Å². The molecule has 1 aliphatic carbocycles. The molecule has 6 atom stereocenters. The van der Waals surface area contributed by atoms with Crippen LogP contribution in [-0.4, -0.2) is 47.4 Å². The number of aromatic nitrogens is 2. The van der Waals surface area contributed by atoms with Gasteiger partial charge in [-0.05, 0) is 111 Å². The van der Waals surface area contributed by atoms with Crippen molar-refractivity contribution in [3.05, 3.63) is 97.4 Å². The predicted molar refractivity (Wildman–Crippen MR) is 237 cm³/mol. The number of nitrogens with one attached hydrogen (secondary N) is 4. The Labute approximate surface area is 351 Å². The number of Topliss-reactive ketones (excluding diaryl/α,β-unsaturated/α-hetero) is 1. The van der Waals surface area contributed by atoms with Crippen LogP contribution in [0.1, 0.15) is 138 Å². The zero-order chi connectivity index (χ0) is 42.7. The van der Waals surface area contributed by atoms with Crippen LogP contribution in [0.15, 0.2) is 53.0 Å². The van der Waals surface area contributed by atoms with Crippen LogP contribution in [0.2, 0.25) is 0 Å². The molecule has 6 rings (SSSR count). The van der Waals surface area contributed by atoms with E-state index in [4.69, 9.17) is 9.47 Å². The second kappa shape index (κ2) is 18.6. The highest BCUT2D eigenvalue weighted by Crippen LogP contribution is 2.48. The van der Waals surface area contributed by atoms with Crippen molar-refractivity contribution in [3.8, 4) is 0 Å². The van der Waals surface area contributed by atoms with Crippen molar-refractivity contribution in [3.63, 3.8) is 0 Å². The van der Waals surface area contributed by atoms with Crippen molar-refractivity contribution in [2.45, 2.75) is 126 Å². The summed E-state index contributed by atoms with van der Waals surface area (Å²) in [6.07, 6.45) is 19.2. The van der Waals surface area contributed by atoms with Crippen LogP contribution in [0.5, 0.6) is 0 Å². The monoisotopic (exact) mass is 805 g/mol. The summed E-state index contributed by atoms with van der Waals surface area (Å²) in [4.78, 5) is 48.6. The Morgan fingerprint density at radius 3 is 2.42 bits per heavy atom. The normalized spacial score (nSPS) is 26.1. The summed E-state index contributed by atoms with van der Waals surface area (Å²) in [5, 5.41) is 9.50. The number of methoxy groups -OCH3 is 1. The lowest BCUT2D eigenvalue weighted by Crippen LogP contribution is -2.27. The predicted octanol–water partition coefficient (Wildman–Crippen LogP) is 8.53. The average Bonchev–Trinajstić information content (AvgIpc) is 3.94. The average molecular weight is 805 g/mol. The third-order valence-corrected chi connectivity index (χ3v) is 13.5. The number of rotatable bonds is 16. The van der Waals surface area contributed by atoms with E-state index in [-0.39, 0.29) is 48.6 Å². The molecule has 59 heavy (non-hydrogen) atoms. The fourth-order valence-corrected chi connectivity index (χ4v) is 9.82. The molecule has 2 aromatic rings. The first-order chi connectivity index (χ1) is 28.2. The highest BCUT2D eigenvalue weighted by molar-refractivity contribution is 6.24.